The number of rotatable bonds is 7. The van der Waals surface area contributed by atoms with Gasteiger partial charge in [0.15, 0.2) is 5.82 Å². The first-order valence-electron chi connectivity index (χ1n) is 8.73. The van der Waals surface area contributed by atoms with E-state index in [2.05, 4.69) is 35.2 Å². The first-order valence-corrected chi connectivity index (χ1v) is 9.54. The third-order valence-electron chi connectivity index (χ3n) is 4.13. The Kier molecular flexibility index (Phi) is 6.08. The van der Waals surface area contributed by atoms with Crippen LogP contribution < -0.4 is 5.32 Å². The average Bonchev–Trinajstić information content (AvgIpc) is 3.07. The van der Waals surface area contributed by atoms with E-state index < -0.39 is 0 Å². The molecule has 0 aliphatic carbocycles. The van der Waals surface area contributed by atoms with Gasteiger partial charge in [0.1, 0.15) is 11.5 Å². The molecule has 0 atom stereocenters. The molecule has 4 nitrogen and oxygen atoms in total. The lowest BCUT2D eigenvalue weighted by molar-refractivity contribution is 0.605. The van der Waals surface area contributed by atoms with E-state index in [1.54, 1.807) is 48.0 Å². The van der Waals surface area contributed by atoms with E-state index >= 15 is 0 Å². The Balaban J connectivity index is 1.93. The van der Waals surface area contributed by atoms with E-state index in [4.69, 9.17) is 5.41 Å². The van der Waals surface area contributed by atoms with E-state index in [9.17, 15) is 4.39 Å². The molecular formula is C21H21FN4S. The molecule has 2 N–H and O–H groups in total. The van der Waals surface area contributed by atoms with Gasteiger partial charge in [0.25, 0.3) is 0 Å². The second-order valence-corrected chi connectivity index (χ2v) is 7.37. The highest BCUT2D eigenvalue weighted by Gasteiger charge is 2.13. The number of aryl methyl sites for hydroxylation is 2. The predicted molar refractivity (Wildman–Crippen MR) is 109 cm³/mol. The maximum absolute atomic E-state index is 14.0. The van der Waals surface area contributed by atoms with Crippen LogP contribution in [0.25, 0.3) is 5.70 Å². The lowest BCUT2D eigenvalue weighted by Crippen LogP contribution is -2.15. The maximum Gasteiger partial charge on any atom is 0.177 e. The largest absolute Gasteiger partial charge is 0.380 e. The van der Waals surface area contributed by atoms with E-state index in [-0.39, 0.29) is 11.5 Å². The molecule has 2 heterocycles. The lowest BCUT2D eigenvalue weighted by atomic mass is 10.1. The highest BCUT2D eigenvalue weighted by molar-refractivity contribution is 7.12. The summed E-state index contributed by atoms with van der Waals surface area (Å²) in [6.45, 7) is 4.50. The molecule has 0 bridgehead atoms. The Morgan fingerprint density at radius 3 is 2.63 bits per heavy atom. The molecule has 27 heavy (non-hydrogen) atoms. The van der Waals surface area contributed by atoms with Gasteiger partial charge in [0.2, 0.25) is 0 Å². The first-order chi connectivity index (χ1) is 13.1. The van der Waals surface area contributed by atoms with Gasteiger partial charge in [-0.3, -0.25) is 5.41 Å². The van der Waals surface area contributed by atoms with Gasteiger partial charge in [-0.15, -0.1) is 11.3 Å². The molecule has 0 saturated heterocycles. The molecule has 3 rings (SSSR count). The van der Waals surface area contributed by atoms with Crippen LogP contribution in [0.5, 0.6) is 0 Å². The molecule has 0 aliphatic rings. The highest BCUT2D eigenvalue weighted by Crippen LogP contribution is 2.27. The topological polar surface area (TPSA) is 61.7 Å². The molecule has 0 unspecified atom stereocenters. The first kappa shape index (κ1) is 18.9. The summed E-state index contributed by atoms with van der Waals surface area (Å²) >= 11 is 1.73. The number of hydrogen-bond donors (Lipinski definition) is 2. The second kappa shape index (κ2) is 8.68. The average molecular weight is 380 g/mol. The summed E-state index contributed by atoms with van der Waals surface area (Å²) in [5.74, 6) is 0.105. The Bertz CT molecular complexity index is 963. The summed E-state index contributed by atoms with van der Waals surface area (Å²) in [6, 6.07) is 10.5. The van der Waals surface area contributed by atoms with Crippen molar-refractivity contribution >= 4 is 22.7 Å². The van der Waals surface area contributed by atoms with Crippen LogP contribution in [0, 0.1) is 18.2 Å². The number of benzene rings is 1. The van der Waals surface area contributed by atoms with Gasteiger partial charge >= 0.3 is 0 Å². The highest BCUT2D eigenvalue weighted by atomic mass is 32.1. The number of nitrogens with one attached hydrogen (secondary N) is 2. The Labute approximate surface area is 162 Å². The number of hydrogen-bond acceptors (Lipinski definition) is 5. The predicted octanol–water partition coefficient (Wildman–Crippen LogP) is 4.75. The number of thiophene rings is 1. The zero-order valence-corrected chi connectivity index (χ0v) is 16.1. The normalized spacial score (nSPS) is 11.4. The van der Waals surface area contributed by atoms with Crippen LogP contribution in [-0.2, 0) is 13.0 Å². The minimum atomic E-state index is -0.248. The van der Waals surface area contributed by atoms with Crippen molar-refractivity contribution in [2.75, 3.05) is 0 Å². The second-order valence-electron chi connectivity index (χ2n) is 6.03. The van der Waals surface area contributed by atoms with Crippen LogP contribution in [0.1, 0.15) is 33.6 Å². The van der Waals surface area contributed by atoms with Gasteiger partial charge in [-0.2, -0.15) is 0 Å². The summed E-state index contributed by atoms with van der Waals surface area (Å²) in [5, 5.41) is 11.6. The molecule has 0 fully saturated rings. The fourth-order valence-electron chi connectivity index (χ4n) is 2.69. The molecule has 0 aliphatic heterocycles. The molecule has 138 valence electrons. The summed E-state index contributed by atoms with van der Waals surface area (Å²) < 4.78 is 14.0. The Morgan fingerprint density at radius 2 is 1.96 bits per heavy atom. The van der Waals surface area contributed by atoms with Crippen molar-refractivity contribution in [1.29, 1.82) is 5.41 Å². The van der Waals surface area contributed by atoms with Crippen molar-refractivity contribution in [1.82, 2.24) is 15.3 Å². The summed E-state index contributed by atoms with van der Waals surface area (Å²) in [5.41, 5.74) is 2.57. The molecule has 2 aromatic heterocycles. The van der Waals surface area contributed by atoms with Crippen LogP contribution in [0.4, 0.5) is 4.39 Å². The zero-order valence-electron chi connectivity index (χ0n) is 15.3. The van der Waals surface area contributed by atoms with Crippen LogP contribution in [0.15, 0.2) is 54.9 Å². The van der Waals surface area contributed by atoms with Crippen molar-refractivity contribution < 1.29 is 4.39 Å². The monoisotopic (exact) mass is 380 g/mol. The van der Waals surface area contributed by atoms with Gasteiger partial charge in [-0.1, -0.05) is 25.1 Å². The van der Waals surface area contributed by atoms with E-state index in [0.717, 1.165) is 22.6 Å². The molecule has 1 aromatic carbocycles. The molecule has 0 amide bonds. The van der Waals surface area contributed by atoms with Gasteiger partial charge in [0, 0.05) is 45.5 Å². The van der Waals surface area contributed by atoms with E-state index in [0.29, 0.717) is 17.9 Å². The van der Waals surface area contributed by atoms with Gasteiger partial charge < -0.3 is 5.32 Å². The smallest absolute Gasteiger partial charge is 0.177 e. The molecular weight excluding hydrogens is 359 g/mol. The summed E-state index contributed by atoms with van der Waals surface area (Å²) in [7, 11) is 0. The number of allylic oxidation sites excluding steroid dienone is 1. The summed E-state index contributed by atoms with van der Waals surface area (Å²) in [4.78, 5) is 10.7. The molecule has 6 heteroatoms. The fraction of sp³-hybridized carbons (Fsp3) is 0.190. The van der Waals surface area contributed by atoms with Crippen LogP contribution >= 0.6 is 11.3 Å². The lowest BCUT2D eigenvalue weighted by Gasteiger charge is -2.12. The standard InChI is InChI=1S/C21H21FN4S/c1-3-16-11-17(14(2)27-16)20(12-19(23)21-24-9-6-10-25-21)26-13-15-7-4-5-8-18(15)22/h4-12,23,26H,3,13H2,1-2H3/b20-12-,23-19?. The minimum absolute atomic E-state index is 0.204. The van der Waals surface area contributed by atoms with Gasteiger partial charge in [-0.05, 0) is 37.6 Å². The fourth-order valence-corrected chi connectivity index (χ4v) is 3.68. The molecule has 0 spiro atoms. The van der Waals surface area contributed by atoms with Crippen LogP contribution in [0.3, 0.4) is 0 Å². The Hall–Kier alpha value is -2.86. The number of nitrogens with zero attached hydrogens (tertiary/aromatic N) is 2. The SMILES string of the molecule is CCc1cc(/C(=C/C(=N)c2ncccn2)NCc2ccccc2F)c(C)s1. The van der Waals surface area contributed by atoms with Gasteiger partial charge in [0.05, 0.1) is 0 Å². The minimum Gasteiger partial charge on any atom is -0.380 e. The summed E-state index contributed by atoms with van der Waals surface area (Å²) in [6.07, 6.45) is 5.89. The number of aromatic nitrogens is 2. The van der Waals surface area contributed by atoms with Crippen molar-refractivity contribution in [2.24, 2.45) is 0 Å². The third kappa shape index (κ3) is 4.65. The van der Waals surface area contributed by atoms with Crippen LogP contribution in [0.2, 0.25) is 0 Å². The third-order valence-corrected chi connectivity index (χ3v) is 5.32. The van der Waals surface area contributed by atoms with Crippen molar-refractivity contribution in [3.8, 4) is 0 Å². The van der Waals surface area contributed by atoms with E-state index in [1.807, 2.05) is 6.07 Å². The van der Waals surface area contributed by atoms with Crippen molar-refractivity contribution in [3.05, 3.63) is 87.4 Å². The van der Waals surface area contributed by atoms with Crippen molar-refractivity contribution in [2.45, 2.75) is 26.8 Å². The Morgan fingerprint density at radius 1 is 1.22 bits per heavy atom. The molecule has 3 aromatic rings. The van der Waals surface area contributed by atoms with Gasteiger partial charge in [-0.25, -0.2) is 14.4 Å². The van der Waals surface area contributed by atoms with Crippen molar-refractivity contribution in [3.63, 3.8) is 0 Å². The molecule has 0 radical (unpaired) electrons. The van der Waals surface area contributed by atoms with Crippen LogP contribution in [-0.4, -0.2) is 15.7 Å². The molecule has 0 saturated carbocycles. The quantitative estimate of drug-likeness (QED) is 0.582. The number of halogens is 1. The van der Waals surface area contributed by atoms with E-state index in [1.165, 1.54) is 10.9 Å². The maximum atomic E-state index is 14.0. The zero-order chi connectivity index (χ0) is 19.2.